The van der Waals surface area contributed by atoms with E-state index < -0.39 is 32.5 Å². The highest BCUT2D eigenvalue weighted by Gasteiger charge is 2.23. The molecule has 0 radical (unpaired) electrons. The summed E-state index contributed by atoms with van der Waals surface area (Å²) in [7, 11) is -4.82. The van der Waals surface area contributed by atoms with Gasteiger partial charge in [0.2, 0.25) is 0 Å². The van der Waals surface area contributed by atoms with Gasteiger partial charge in [-0.3, -0.25) is 18.9 Å². The van der Waals surface area contributed by atoms with Gasteiger partial charge in [-0.1, -0.05) is 198 Å². The van der Waals surface area contributed by atoms with Gasteiger partial charge in [-0.25, -0.2) is 4.57 Å². The second kappa shape index (κ2) is 41.4. The zero-order valence-electron chi connectivity index (χ0n) is 37.1. The van der Waals surface area contributed by atoms with E-state index in [1.54, 1.807) is 6.08 Å². The maximum Gasteiger partial charge on any atom is 0.469 e. The summed E-state index contributed by atoms with van der Waals surface area (Å²) in [5, 5.41) is 0. The molecule has 0 spiro atoms. The van der Waals surface area contributed by atoms with E-state index in [1.807, 2.05) is 12.2 Å². The fourth-order valence-electron chi connectivity index (χ4n) is 6.48. The number of ether oxygens (including phenoxy) is 2. The van der Waals surface area contributed by atoms with Crippen LogP contribution in [0.1, 0.15) is 213 Å². The predicted molar refractivity (Wildman–Crippen MR) is 239 cm³/mol. The summed E-state index contributed by atoms with van der Waals surface area (Å²) in [6.07, 6.45) is 47.0. The van der Waals surface area contributed by atoms with Crippen molar-refractivity contribution in [3.05, 3.63) is 48.6 Å². The topological polar surface area (TPSA) is 136 Å². The van der Waals surface area contributed by atoms with E-state index in [4.69, 9.17) is 19.3 Å². The van der Waals surface area contributed by atoms with Crippen LogP contribution in [0.5, 0.6) is 0 Å². The highest BCUT2D eigenvalue weighted by Crippen LogP contribution is 2.36. The van der Waals surface area contributed by atoms with Crippen LogP contribution in [0.2, 0.25) is 0 Å². The highest BCUT2D eigenvalue weighted by molar-refractivity contribution is 7.46. The lowest BCUT2D eigenvalue weighted by Crippen LogP contribution is -2.29. The van der Waals surface area contributed by atoms with E-state index in [9.17, 15) is 18.9 Å². The summed E-state index contributed by atoms with van der Waals surface area (Å²) in [5.74, 6) is -0.373. The molecule has 336 valence electrons. The number of carbonyl (C=O) groups excluding carboxylic acids is 3. The van der Waals surface area contributed by atoms with Crippen LogP contribution < -0.4 is 0 Å². The van der Waals surface area contributed by atoms with Gasteiger partial charge in [-0.15, -0.1) is 0 Å². The molecule has 0 aliphatic carbocycles. The fraction of sp³-hybridized carbons (Fsp3) is 0.771. The number of hydrogen-bond acceptors (Lipinski definition) is 7. The van der Waals surface area contributed by atoms with Crippen molar-refractivity contribution < 1.29 is 42.7 Å². The predicted octanol–water partition coefficient (Wildman–Crippen LogP) is 13.7. The Morgan fingerprint density at radius 3 is 1.64 bits per heavy atom. The van der Waals surface area contributed by atoms with Crippen molar-refractivity contribution in [2.75, 3.05) is 13.2 Å². The normalized spacial score (nSPS) is 13.3. The molecule has 0 aromatic carbocycles. The molecule has 0 bridgehead atoms. The molecular weight excluding hydrogens is 751 g/mol. The van der Waals surface area contributed by atoms with Gasteiger partial charge in [0.25, 0.3) is 0 Å². The Labute approximate surface area is 354 Å². The van der Waals surface area contributed by atoms with E-state index in [2.05, 4.69) is 49.6 Å². The number of allylic oxidation sites excluding steroid dienone is 8. The third-order valence-corrected chi connectivity index (χ3v) is 10.9. The van der Waals surface area contributed by atoms with Crippen LogP contribution in [0, 0.1) is 5.92 Å². The van der Waals surface area contributed by atoms with E-state index in [0.717, 1.165) is 44.4 Å². The highest BCUT2D eigenvalue weighted by atomic mass is 31.2. The largest absolute Gasteiger partial charge is 0.469 e. The zero-order chi connectivity index (χ0) is 42.8. The number of phosphoric acid groups is 1. The SMILES string of the molecule is CCCCC/C=C\C/C=C\C/C=C\C=C\C(=O)CCCC(=O)O[C@H](COC(=O)CCCCCCCCCCCCCCCCCCCCC(C)CC)COP(=O)(O)O. The Balaban J connectivity index is 4.00. The molecule has 1 unspecified atom stereocenters. The van der Waals surface area contributed by atoms with E-state index >= 15 is 0 Å². The number of unbranched alkanes of at least 4 members (excludes halogenated alkanes) is 20. The van der Waals surface area contributed by atoms with Crippen molar-refractivity contribution in [2.24, 2.45) is 5.92 Å². The Kier molecular flexibility index (Phi) is 39.8. The molecule has 0 heterocycles. The molecule has 2 atom stereocenters. The first-order chi connectivity index (χ1) is 28.1. The van der Waals surface area contributed by atoms with Crippen LogP contribution in [0.3, 0.4) is 0 Å². The Bertz CT molecular complexity index is 1160. The molecule has 2 N–H and O–H groups in total. The van der Waals surface area contributed by atoms with Crippen molar-refractivity contribution in [1.82, 2.24) is 0 Å². The van der Waals surface area contributed by atoms with Crippen LogP contribution >= 0.6 is 7.82 Å². The summed E-state index contributed by atoms with van der Waals surface area (Å²) < 4.78 is 26.3. The van der Waals surface area contributed by atoms with Crippen LogP contribution in [-0.4, -0.2) is 46.8 Å². The smallest absolute Gasteiger partial charge is 0.462 e. The summed E-state index contributed by atoms with van der Waals surface area (Å²) in [6, 6.07) is 0. The van der Waals surface area contributed by atoms with Crippen LogP contribution in [-0.2, 0) is 32.9 Å². The monoisotopic (exact) mass is 837 g/mol. The Morgan fingerprint density at radius 2 is 1.09 bits per heavy atom. The number of ketones is 1. The van der Waals surface area contributed by atoms with Crippen molar-refractivity contribution in [3.8, 4) is 0 Å². The molecule has 0 saturated carbocycles. The van der Waals surface area contributed by atoms with Crippen molar-refractivity contribution in [2.45, 2.75) is 219 Å². The van der Waals surface area contributed by atoms with Gasteiger partial charge in [0.1, 0.15) is 6.61 Å². The molecule has 10 heteroatoms. The van der Waals surface area contributed by atoms with Crippen LogP contribution in [0.4, 0.5) is 0 Å². The van der Waals surface area contributed by atoms with Crippen LogP contribution in [0.15, 0.2) is 48.6 Å². The van der Waals surface area contributed by atoms with Gasteiger partial charge in [0, 0.05) is 19.3 Å². The molecular formula is C48H85O9P. The zero-order valence-corrected chi connectivity index (χ0v) is 38.0. The van der Waals surface area contributed by atoms with Gasteiger partial charge in [-0.05, 0) is 50.5 Å². The average Bonchev–Trinajstić information content (AvgIpc) is 3.19. The first-order valence-corrected chi connectivity index (χ1v) is 24.8. The van der Waals surface area contributed by atoms with Crippen molar-refractivity contribution in [1.29, 1.82) is 0 Å². The lowest BCUT2D eigenvalue weighted by molar-refractivity contribution is -0.161. The van der Waals surface area contributed by atoms with Crippen molar-refractivity contribution in [3.63, 3.8) is 0 Å². The van der Waals surface area contributed by atoms with E-state index in [-0.39, 0.29) is 38.1 Å². The van der Waals surface area contributed by atoms with E-state index in [1.165, 1.54) is 128 Å². The number of hydrogen-bond donors (Lipinski definition) is 2. The third kappa shape index (κ3) is 43.3. The van der Waals surface area contributed by atoms with Gasteiger partial charge in [0.05, 0.1) is 6.61 Å². The molecule has 9 nitrogen and oxygen atoms in total. The molecule has 0 aliphatic heterocycles. The van der Waals surface area contributed by atoms with Crippen molar-refractivity contribution >= 4 is 25.5 Å². The standard InChI is InChI=1S/C48H85O9P/c1-4-6-7-8-9-10-11-18-22-25-28-31-34-38-45(49)39-36-41-48(51)57-46(43-56-58(52,53)54)42-55-47(50)40-35-32-29-26-23-20-17-15-13-12-14-16-19-21-24-27-30-33-37-44(3)5-2/h9-10,18,22,28,31,34,38,44,46H,4-8,11-17,19-21,23-27,29-30,32-33,35-37,39-43H2,1-3H3,(H2,52,53,54)/b10-9-,22-18-,31-28-,38-34+/t44?,46-/m1/s1. The van der Waals surface area contributed by atoms with Gasteiger partial charge in [0.15, 0.2) is 11.9 Å². The van der Waals surface area contributed by atoms with Gasteiger partial charge >= 0.3 is 19.8 Å². The molecule has 0 aromatic rings. The quantitative estimate of drug-likeness (QED) is 0.0154. The van der Waals surface area contributed by atoms with Crippen LogP contribution in [0.25, 0.3) is 0 Å². The molecule has 0 saturated heterocycles. The summed E-state index contributed by atoms with van der Waals surface area (Å²) in [6.45, 7) is 5.86. The molecule has 0 fully saturated rings. The molecule has 0 amide bonds. The number of carbonyl (C=O) groups is 3. The summed E-state index contributed by atoms with van der Waals surface area (Å²) >= 11 is 0. The Morgan fingerprint density at radius 1 is 0.569 bits per heavy atom. The average molecular weight is 837 g/mol. The first kappa shape index (κ1) is 55.7. The molecule has 0 aromatic heterocycles. The van der Waals surface area contributed by atoms with Gasteiger partial charge in [-0.2, -0.15) is 0 Å². The number of esters is 2. The second-order valence-electron chi connectivity index (χ2n) is 16.0. The summed E-state index contributed by atoms with van der Waals surface area (Å²) in [5.41, 5.74) is 0. The summed E-state index contributed by atoms with van der Waals surface area (Å²) in [4.78, 5) is 55.1. The minimum atomic E-state index is -4.82. The third-order valence-electron chi connectivity index (χ3n) is 10.4. The maximum atomic E-state index is 12.4. The minimum absolute atomic E-state index is 0.0767. The maximum absolute atomic E-state index is 12.4. The first-order valence-electron chi connectivity index (χ1n) is 23.3. The molecule has 0 rings (SSSR count). The fourth-order valence-corrected chi connectivity index (χ4v) is 6.84. The lowest BCUT2D eigenvalue weighted by Gasteiger charge is -2.18. The molecule has 58 heavy (non-hydrogen) atoms. The lowest BCUT2D eigenvalue weighted by atomic mass is 9.99. The number of phosphoric ester groups is 1. The minimum Gasteiger partial charge on any atom is -0.462 e. The number of rotatable bonds is 42. The molecule has 0 aliphatic rings. The Hall–Kier alpha value is -2.32. The second-order valence-corrected chi connectivity index (χ2v) is 17.3. The van der Waals surface area contributed by atoms with Gasteiger partial charge < -0.3 is 19.3 Å². The van der Waals surface area contributed by atoms with E-state index in [0.29, 0.717) is 6.42 Å².